The second-order valence-electron chi connectivity index (χ2n) is 24.2. The zero-order valence-electron chi connectivity index (χ0n) is 52.0. The van der Waals surface area contributed by atoms with Gasteiger partial charge in [-0.2, -0.15) is 0 Å². The van der Waals surface area contributed by atoms with Crippen LogP contribution in [0.25, 0.3) is 0 Å². The number of phosphoric acid groups is 1. The molecule has 77 heavy (non-hydrogen) atoms. The van der Waals surface area contributed by atoms with E-state index in [-0.39, 0.29) is 25.6 Å². The maximum atomic E-state index is 12.9. The average Bonchev–Trinajstić information content (AvgIpc) is 3.39. The highest BCUT2D eigenvalue weighted by Gasteiger charge is 2.27. The lowest BCUT2D eigenvalue weighted by molar-refractivity contribution is -0.870. The molecule has 0 saturated carbocycles. The van der Waals surface area contributed by atoms with Gasteiger partial charge in [0.1, 0.15) is 19.8 Å². The topological polar surface area (TPSA) is 108 Å². The molecule has 2 atom stereocenters. The molecule has 2 unspecified atom stereocenters. The van der Waals surface area contributed by atoms with E-state index in [4.69, 9.17) is 18.5 Å². The zero-order valence-corrected chi connectivity index (χ0v) is 52.9. The quantitative estimate of drug-likeness (QED) is 0.0211. The van der Waals surface area contributed by atoms with Gasteiger partial charge in [0, 0.05) is 12.8 Å². The molecule has 0 fully saturated rings. The molecule has 0 aliphatic rings. The fourth-order valence-electron chi connectivity index (χ4n) is 10.1. The molecule has 0 bridgehead atoms. The Morgan fingerprint density at radius 2 is 0.701 bits per heavy atom. The molecule has 0 aromatic carbocycles. The van der Waals surface area contributed by atoms with Crippen molar-refractivity contribution in [1.29, 1.82) is 0 Å². The minimum Gasteiger partial charge on any atom is -0.462 e. The molecule has 456 valence electrons. The van der Waals surface area contributed by atoms with Crippen molar-refractivity contribution < 1.29 is 42.1 Å². The predicted octanol–water partition coefficient (Wildman–Crippen LogP) is 21.3. The van der Waals surface area contributed by atoms with Crippen LogP contribution in [0.15, 0.2) is 24.3 Å². The summed E-state index contributed by atoms with van der Waals surface area (Å²) in [7, 11) is 1.50. The van der Waals surface area contributed by atoms with E-state index in [1.807, 2.05) is 21.1 Å². The van der Waals surface area contributed by atoms with Gasteiger partial charge >= 0.3 is 19.8 Å². The summed E-state index contributed by atoms with van der Waals surface area (Å²) < 4.78 is 34.7. The molecule has 0 aromatic heterocycles. The highest BCUT2D eigenvalue weighted by molar-refractivity contribution is 7.47. The Labute approximate surface area is 479 Å². The predicted molar refractivity (Wildman–Crippen MR) is 331 cm³/mol. The van der Waals surface area contributed by atoms with Crippen LogP contribution in [0.1, 0.15) is 341 Å². The van der Waals surface area contributed by atoms with Crippen LogP contribution in [0.3, 0.4) is 0 Å². The maximum Gasteiger partial charge on any atom is 0.472 e. The van der Waals surface area contributed by atoms with Gasteiger partial charge in [0.25, 0.3) is 0 Å². The zero-order chi connectivity index (χ0) is 56.3. The van der Waals surface area contributed by atoms with Crippen molar-refractivity contribution in [2.45, 2.75) is 347 Å². The van der Waals surface area contributed by atoms with Gasteiger partial charge in [0.2, 0.25) is 0 Å². The van der Waals surface area contributed by atoms with Gasteiger partial charge in [-0.15, -0.1) is 0 Å². The first kappa shape index (κ1) is 75.5. The largest absolute Gasteiger partial charge is 0.472 e. The van der Waals surface area contributed by atoms with E-state index in [9.17, 15) is 19.0 Å². The van der Waals surface area contributed by atoms with Crippen LogP contribution >= 0.6 is 7.82 Å². The number of quaternary nitrogens is 1. The van der Waals surface area contributed by atoms with Crippen molar-refractivity contribution >= 4 is 19.8 Å². The molecule has 0 saturated heterocycles. The SMILES string of the molecule is CCCCCCC/C=C\C/C=C\CCCCCCCCCCCCCCCCCCCC(=O)OC(COC(=O)CCCCCCCCCCCCCCCCCCCCCCCCCC)COP(=O)(O)OCC[N+](C)(C)C. The Hall–Kier alpha value is -1.51. The number of hydrogen-bond acceptors (Lipinski definition) is 7. The van der Waals surface area contributed by atoms with Crippen LogP contribution in [0, 0.1) is 0 Å². The lowest BCUT2D eigenvalue weighted by Gasteiger charge is -2.24. The van der Waals surface area contributed by atoms with Crippen LogP contribution in [0.5, 0.6) is 0 Å². The molecule has 0 amide bonds. The fraction of sp³-hybridized carbons (Fsp3) is 0.910. The number of rotatable bonds is 63. The first-order chi connectivity index (χ1) is 37.5. The molecule has 1 N–H and O–H groups in total. The second kappa shape index (κ2) is 59.1. The summed E-state index contributed by atoms with van der Waals surface area (Å²) in [5.74, 6) is -0.774. The molecule has 0 spiro atoms. The molecule has 10 heteroatoms. The normalized spacial score (nSPS) is 13.3. The highest BCUT2D eigenvalue weighted by atomic mass is 31.2. The van der Waals surface area contributed by atoms with Gasteiger partial charge in [0.15, 0.2) is 6.10 Å². The van der Waals surface area contributed by atoms with Crippen LogP contribution in [-0.2, 0) is 32.7 Å². The summed E-state index contributed by atoms with van der Waals surface area (Å²) in [5, 5.41) is 0. The number of esters is 2. The Balaban J connectivity index is 4.02. The number of unbranched alkanes of at least 4 members (excludes halogenated alkanes) is 45. The number of allylic oxidation sites excluding steroid dienone is 4. The molecule has 0 rings (SSSR count). The molecule has 0 radical (unpaired) electrons. The van der Waals surface area contributed by atoms with Gasteiger partial charge < -0.3 is 18.9 Å². The van der Waals surface area contributed by atoms with Crippen LogP contribution in [-0.4, -0.2) is 74.9 Å². The second-order valence-corrected chi connectivity index (χ2v) is 25.7. The number of carbonyl (C=O) groups excluding carboxylic acids is 2. The Morgan fingerprint density at radius 1 is 0.403 bits per heavy atom. The van der Waals surface area contributed by atoms with E-state index in [0.717, 1.165) is 38.5 Å². The summed E-state index contributed by atoms with van der Waals surface area (Å²) in [6.07, 6.45) is 72.7. The van der Waals surface area contributed by atoms with E-state index in [0.29, 0.717) is 23.9 Å². The van der Waals surface area contributed by atoms with Gasteiger partial charge in [-0.1, -0.05) is 308 Å². The van der Waals surface area contributed by atoms with Gasteiger partial charge in [-0.05, 0) is 44.9 Å². The molecular weight excluding hydrogens is 978 g/mol. The van der Waals surface area contributed by atoms with Crippen molar-refractivity contribution in [3.8, 4) is 0 Å². The maximum absolute atomic E-state index is 12.9. The number of likely N-dealkylation sites (N-methyl/N-ethyl adjacent to an activating group) is 1. The molecule has 0 aliphatic carbocycles. The average molecular weight is 1110 g/mol. The van der Waals surface area contributed by atoms with E-state index in [1.165, 1.54) is 270 Å². The van der Waals surface area contributed by atoms with Crippen molar-refractivity contribution in [2.75, 3.05) is 47.5 Å². The Kier molecular flexibility index (Phi) is 58.0. The third-order valence-electron chi connectivity index (χ3n) is 15.2. The lowest BCUT2D eigenvalue weighted by atomic mass is 10.0. The van der Waals surface area contributed by atoms with Crippen molar-refractivity contribution in [2.24, 2.45) is 0 Å². The third kappa shape index (κ3) is 63.5. The lowest BCUT2D eigenvalue weighted by Crippen LogP contribution is -2.37. The van der Waals surface area contributed by atoms with Crippen molar-refractivity contribution in [3.05, 3.63) is 24.3 Å². The molecule has 0 aromatic rings. The standard InChI is InChI=1S/C67H130NO8P/c1-6-8-10-12-14-16-18-20-22-24-26-28-30-32-33-34-35-36-38-40-42-44-46-48-50-52-54-56-58-60-67(70)76-65(64-75-77(71,72)74-62-61-68(3,4)5)63-73-66(69)59-57-55-53-51-49-47-45-43-41-39-37-31-29-27-25-23-21-19-17-15-13-11-9-7-2/h18,20,24,26,65H,6-17,19,21-23,25,27-64H2,1-5H3/p+1/b20-18-,26-24-. The minimum absolute atomic E-state index is 0.0354. The van der Waals surface area contributed by atoms with E-state index < -0.39 is 26.5 Å². The van der Waals surface area contributed by atoms with Crippen molar-refractivity contribution in [1.82, 2.24) is 0 Å². The van der Waals surface area contributed by atoms with Crippen LogP contribution < -0.4 is 0 Å². The summed E-state index contributed by atoms with van der Waals surface area (Å²) in [5.41, 5.74) is 0. The fourth-order valence-corrected chi connectivity index (χ4v) is 10.8. The summed E-state index contributed by atoms with van der Waals surface area (Å²) in [4.78, 5) is 35.8. The van der Waals surface area contributed by atoms with Crippen molar-refractivity contribution in [3.63, 3.8) is 0 Å². The summed E-state index contributed by atoms with van der Waals surface area (Å²) >= 11 is 0. The van der Waals surface area contributed by atoms with E-state index >= 15 is 0 Å². The Morgan fingerprint density at radius 3 is 1.03 bits per heavy atom. The molecule has 0 heterocycles. The van der Waals surface area contributed by atoms with Gasteiger partial charge in [-0.3, -0.25) is 18.6 Å². The number of nitrogens with zero attached hydrogens (tertiary/aromatic N) is 1. The number of phosphoric ester groups is 1. The molecule has 0 aliphatic heterocycles. The van der Waals surface area contributed by atoms with Crippen LogP contribution in [0.2, 0.25) is 0 Å². The van der Waals surface area contributed by atoms with Crippen LogP contribution in [0.4, 0.5) is 0 Å². The van der Waals surface area contributed by atoms with Gasteiger partial charge in [0.05, 0.1) is 27.7 Å². The van der Waals surface area contributed by atoms with Gasteiger partial charge in [-0.25, -0.2) is 4.57 Å². The number of ether oxygens (including phenoxy) is 2. The minimum atomic E-state index is -4.39. The molecule has 9 nitrogen and oxygen atoms in total. The van der Waals surface area contributed by atoms with E-state index in [1.54, 1.807) is 0 Å². The summed E-state index contributed by atoms with van der Waals surface area (Å²) in [6, 6.07) is 0. The highest BCUT2D eigenvalue weighted by Crippen LogP contribution is 2.43. The smallest absolute Gasteiger partial charge is 0.462 e. The molecular formula is C67H131NO8P+. The number of carbonyl (C=O) groups is 2. The first-order valence-corrected chi connectivity index (χ1v) is 35.1. The monoisotopic (exact) mass is 1110 g/mol. The summed E-state index contributed by atoms with van der Waals surface area (Å²) in [6.45, 7) is 4.50. The number of hydrogen-bond donors (Lipinski definition) is 1. The third-order valence-corrected chi connectivity index (χ3v) is 16.2. The van der Waals surface area contributed by atoms with E-state index in [2.05, 4.69) is 38.2 Å². The first-order valence-electron chi connectivity index (χ1n) is 33.6. The Bertz CT molecular complexity index is 1350.